The number of ether oxygens (including phenoxy) is 2. The Kier molecular flexibility index (Phi) is 4.17. The van der Waals surface area contributed by atoms with Crippen molar-refractivity contribution in [1.29, 1.82) is 0 Å². The van der Waals surface area contributed by atoms with Crippen LogP contribution in [0.15, 0.2) is 24.5 Å². The lowest BCUT2D eigenvalue weighted by atomic mass is 10.1. The highest BCUT2D eigenvalue weighted by atomic mass is 16.5. The van der Waals surface area contributed by atoms with Crippen LogP contribution in [0, 0.1) is 5.92 Å². The Morgan fingerprint density at radius 1 is 1.25 bits per heavy atom. The molecule has 0 aliphatic heterocycles. The lowest BCUT2D eigenvalue weighted by Gasteiger charge is -2.11. The van der Waals surface area contributed by atoms with Gasteiger partial charge in [-0.3, -0.25) is 0 Å². The minimum atomic E-state index is 0.506. The zero-order chi connectivity index (χ0) is 14.7. The molecule has 0 saturated heterocycles. The van der Waals surface area contributed by atoms with Crippen molar-refractivity contribution in [2.45, 2.75) is 20.4 Å². The molecular weight excluding hydrogens is 254 g/mol. The molecule has 2 N–H and O–H groups in total. The molecule has 0 amide bonds. The number of nitrogens with zero attached hydrogens (tertiary/aromatic N) is 2. The van der Waals surface area contributed by atoms with Crippen LogP contribution < -0.4 is 15.2 Å². The van der Waals surface area contributed by atoms with Crippen molar-refractivity contribution < 1.29 is 9.47 Å². The van der Waals surface area contributed by atoms with E-state index in [2.05, 4.69) is 18.8 Å². The standard InChI is InChI=1S/C15H21N3O2/c1-10(2)8-18-9-17-14(15(18)16)12-7-11(19-3)5-6-13(12)20-4/h5-7,9-10H,8,16H2,1-4H3. The number of anilines is 1. The van der Waals surface area contributed by atoms with Crippen LogP contribution in [0.4, 0.5) is 5.82 Å². The minimum Gasteiger partial charge on any atom is -0.497 e. The summed E-state index contributed by atoms with van der Waals surface area (Å²) in [5, 5.41) is 0. The van der Waals surface area contributed by atoms with Gasteiger partial charge >= 0.3 is 0 Å². The fourth-order valence-electron chi connectivity index (χ4n) is 2.14. The molecule has 5 heteroatoms. The fraction of sp³-hybridized carbons (Fsp3) is 0.400. The molecule has 0 fully saturated rings. The van der Waals surface area contributed by atoms with Crippen LogP contribution in [0.5, 0.6) is 11.5 Å². The fourth-order valence-corrected chi connectivity index (χ4v) is 2.14. The summed E-state index contributed by atoms with van der Waals surface area (Å²) < 4.78 is 12.6. The van der Waals surface area contributed by atoms with Gasteiger partial charge in [0.1, 0.15) is 23.0 Å². The molecule has 1 heterocycles. The quantitative estimate of drug-likeness (QED) is 0.911. The number of hydrogen-bond acceptors (Lipinski definition) is 4. The third-order valence-electron chi connectivity index (χ3n) is 3.10. The van der Waals surface area contributed by atoms with E-state index in [9.17, 15) is 0 Å². The molecule has 0 bridgehead atoms. The summed E-state index contributed by atoms with van der Waals surface area (Å²) in [7, 11) is 3.26. The first-order valence-electron chi connectivity index (χ1n) is 6.59. The van der Waals surface area contributed by atoms with Gasteiger partial charge in [0.15, 0.2) is 0 Å². The van der Waals surface area contributed by atoms with E-state index in [0.29, 0.717) is 11.7 Å². The van der Waals surface area contributed by atoms with Crippen LogP contribution >= 0.6 is 0 Å². The number of rotatable bonds is 5. The molecule has 2 aromatic rings. The Labute approximate surface area is 119 Å². The average molecular weight is 275 g/mol. The lowest BCUT2D eigenvalue weighted by molar-refractivity contribution is 0.404. The SMILES string of the molecule is COc1ccc(OC)c(-c2ncn(CC(C)C)c2N)c1. The van der Waals surface area contributed by atoms with Crippen molar-refractivity contribution in [2.75, 3.05) is 20.0 Å². The lowest BCUT2D eigenvalue weighted by Crippen LogP contribution is -2.07. The molecule has 0 atom stereocenters. The molecule has 1 aromatic carbocycles. The molecule has 0 spiro atoms. The molecule has 108 valence electrons. The molecule has 20 heavy (non-hydrogen) atoms. The van der Waals surface area contributed by atoms with E-state index >= 15 is 0 Å². The highest BCUT2D eigenvalue weighted by molar-refractivity contribution is 5.76. The normalized spacial score (nSPS) is 10.8. The molecule has 0 unspecified atom stereocenters. The van der Waals surface area contributed by atoms with Gasteiger partial charge in [-0.15, -0.1) is 0 Å². The van der Waals surface area contributed by atoms with Crippen molar-refractivity contribution in [2.24, 2.45) is 5.92 Å². The van der Waals surface area contributed by atoms with Crippen molar-refractivity contribution in [3.63, 3.8) is 0 Å². The van der Waals surface area contributed by atoms with Gasteiger partial charge in [0.05, 0.1) is 20.5 Å². The van der Waals surface area contributed by atoms with Crippen LogP contribution in [0.2, 0.25) is 0 Å². The largest absolute Gasteiger partial charge is 0.497 e. The number of methoxy groups -OCH3 is 2. The Morgan fingerprint density at radius 3 is 2.60 bits per heavy atom. The van der Waals surface area contributed by atoms with Gasteiger partial charge in [-0.05, 0) is 24.1 Å². The van der Waals surface area contributed by atoms with E-state index in [4.69, 9.17) is 15.2 Å². The molecule has 0 aliphatic carbocycles. The maximum atomic E-state index is 6.20. The molecular formula is C15H21N3O2. The van der Waals surface area contributed by atoms with Gasteiger partial charge in [0.2, 0.25) is 0 Å². The van der Waals surface area contributed by atoms with Crippen molar-refractivity contribution in [3.8, 4) is 22.8 Å². The number of hydrogen-bond donors (Lipinski definition) is 1. The zero-order valence-corrected chi connectivity index (χ0v) is 12.4. The summed E-state index contributed by atoms with van der Waals surface area (Å²) >= 11 is 0. The van der Waals surface area contributed by atoms with Crippen LogP contribution in [0.1, 0.15) is 13.8 Å². The van der Waals surface area contributed by atoms with Crippen molar-refractivity contribution >= 4 is 5.82 Å². The molecule has 5 nitrogen and oxygen atoms in total. The number of nitrogen functional groups attached to an aromatic ring is 1. The smallest absolute Gasteiger partial charge is 0.131 e. The van der Waals surface area contributed by atoms with Crippen LogP contribution in [0.3, 0.4) is 0 Å². The third kappa shape index (κ3) is 2.71. The number of aromatic nitrogens is 2. The Morgan fingerprint density at radius 2 is 2.00 bits per heavy atom. The zero-order valence-electron chi connectivity index (χ0n) is 12.4. The summed E-state index contributed by atoms with van der Waals surface area (Å²) in [5.41, 5.74) is 7.77. The van der Waals surface area contributed by atoms with E-state index in [1.165, 1.54) is 0 Å². The number of imidazole rings is 1. The second kappa shape index (κ2) is 5.86. The maximum absolute atomic E-state index is 6.20. The summed E-state index contributed by atoms with van der Waals surface area (Å²) in [5.74, 6) is 2.63. The van der Waals surface area contributed by atoms with E-state index < -0.39 is 0 Å². The van der Waals surface area contributed by atoms with Gasteiger partial charge in [-0.25, -0.2) is 4.98 Å². The Balaban J connectivity index is 2.48. The van der Waals surface area contributed by atoms with Gasteiger partial charge in [-0.1, -0.05) is 13.8 Å². The van der Waals surface area contributed by atoms with Crippen molar-refractivity contribution in [3.05, 3.63) is 24.5 Å². The molecule has 0 saturated carbocycles. The van der Waals surface area contributed by atoms with Gasteiger partial charge in [0.25, 0.3) is 0 Å². The molecule has 1 aromatic heterocycles. The van der Waals surface area contributed by atoms with Crippen LogP contribution in [-0.4, -0.2) is 23.8 Å². The van der Waals surface area contributed by atoms with E-state index in [0.717, 1.165) is 29.3 Å². The van der Waals surface area contributed by atoms with E-state index in [1.54, 1.807) is 20.5 Å². The first kappa shape index (κ1) is 14.2. The highest BCUT2D eigenvalue weighted by Crippen LogP contribution is 2.35. The van der Waals surface area contributed by atoms with Crippen molar-refractivity contribution in [1.82, 2.24) is 9.55 Å². The summed E-state index contributed by atoms with van der Waals surface area (Å²) in [6.45, 7) is 5.13. The predicted molar refractivity (Wildman–Crippen MR) is 80.0 cm³/mol. The number of benzene rings is 1. The van der Waals surface area contributed by atoms with Gasteiger partial charge in [0, 0.05) is 12.1 Å². The first-order chi connectivity index (χ1) is 9.56. The predicted octanol–water partition coefficient (Wildman–Crippen LogP) is 2.81. The van der Waals surface area contributed by atoms with Crippen LogP contribution in [-0.2, 0) is 6.54 Å². The monoisotopic (exact) mass is 275 g/mol. The highest BCUT2D eigenvalue weighted by Gasteiger charge is 2.15. The Bertz CT molecular complexity index is 591. The van der Waals surface area contributed by atoms with Gasteiger partial charge in [-0.2, -0.15) is 0 Å². The number of nitrogens with two attached hydrogens (primary N) is 1. The second-order valence-electron chi connectivity index (χ2n) is 5.09. The minimum absolute atomic E-state index is 0.506. The summed E-state index contributed by atoms with van der Waals surface area (Å²) in [4.78, 5) is 4.43. The van der Waals surface area contributed by atoms with Gasteiger partial charge < -0.3 is 19.8 Å². The third-order valence-corrected chi connectivity index (χ3v) is 3.10. The summed E-state index contributed by atoms with van der Waals surface area (Å²) in [6.07, 6.45) is 1.77. The molecule has 2 rings (SSSR count). The molecule has 0 radical (unpaired) electrons. The average Bonchev–Trinajstić information content (AvgIpc) is 2.78. The van der Waals surface area contributed by atoms with E-state index in [1.807, 2.05) is 22.8 Å². The first-order valence-corrected chi connectivity index (χ1v) is 6.59. The van der Waals surface area contributed by atoms with E-state index in [-0.39, 0.29) is 0 Å². The maximum Gasteiger partial charge on any atom is 0.131 e. The summed E-state index contributed by atoms with van der Waals surface area (Å²) in [6, 6.07) is 5.59. The topological polar surface area (TPSA) is 62.3 Å². The Hall–Kier alpha value is -2.17. The van der Waals surface area contributed by atoms with Crippen LogP contribution in [0.25, 0.3) is 11.3 Å². The molecule has 0 aliphatic rings. The second-order valence-corrected chi connectivity index (χ2v) is 5.09.